The molecule has 62 heavy (non-hydrogen) atoms. The van der Waals surface area contributed by atoms with E-state index < -0.39 is 5.41 Å². The fourth-order valence-electron chi connectivity index (χ4n) is 9.81. The smallest absolute Gasteiger partial charge is 0.160 e. The Labute approximate surface area is 365 Å². The Hall–Kier alpha value is -7.72. The van der Waals surface area contributed by atoms with E-state index in [4.69, 9.17) is 9.97 Å². The maximum Gasteiger partial charge on any atom is 0.160 e. The molecule has 0 fully saturated rings. The van der Waals surface area contributed by atoms with Gasteiger partial charge >= 0.3 is 0 Å². The van der Waals surface area contributed by atoms with Crippen LogP contribution in [0.3, 0.4) is 0 Å². The Kier molecular flexibility index (Phi) is 8.62. The van der Waals surface area contributed by atoms with Gasteiger partial charge in [-0.25, -0.2) is 9.97 Å². The topological polar surface area (TPSA) is 25.8 Å². The van der Waals surface area contributed by atoms with E-state index in [2.05, 4.69) is 212 Å². The van der Waals surface area contributed by atoms with Crippen LogP contribution in [0.1, 0.15) is 22.3 Å². The summed E-state index contributed by atoms with van der Waals surface area (Å²) in [7, 11) is 0. The Bertz CT molecular complexity index is 3400. The summed E-state index contributed by atoms with van der Waals surface area (Å²) >= 11 is 1.86. The first-order chi connectivity index (χ1) is 30.7. The van der Waals surface area contributed by atoms with E-state index >= 15 is 0 Å². The van der Waals surface area contributed by atoms with E-state index in [1.807, 2.05) is 29.5 Å². The van der Waals surface area contributed by atoms with E-state index in [-0.39, 0.29) is 0 Å². The minimum absolute atomic E-state index is 0.446. The van der Waals surface area contributed by atoms with Crippen LogP contribution in [0.4, 0.5) is 0 Å². The second-order valence-corrected chi connectivity index (χ2v) is 17.1. The lowest BCUT2D eigenvalue weighted by Gasteiger charge is -2.34. The summed E-state index contributed by atoms with van der Waals surface area (Å²) in [5.74, 6) is 0.700. The normalized spacial score (nSPS) is 12.6. The first-order valence-corrected chi connectivity index (χ1v) is 22.0. The molecule has 0 amide bonds. The van der Waals surface area contributed by atoms with Gasteiger partial charge in [-0.2, -0.15) is 0 Å². The van der Waals surface area contributed by atoms with Gasteiger partial charge in [0.15, 0.2) is 5.82 Å². The van der Waals surface area contributed by atoms with Crippen molar-refractivity contribution in [1.29, 1.82) is 0 Å². The van der Waals surface area contributed by atoms with Crippen LogP contribution in [0.15, 0.2) is 231 Å². The molecule has 0 radical (unpaired) electrons. The molecule has 2 nitrogen and oxygen atoms in total. The fourth-order valence-corrected chi connectivity index (χ4v) is 11.1. The van der Waals surface area contributed by atoms with Crippen molar-refractivity contribution in [3.8, 4) is 67.3 Å². The molecule has 11 aromatic rings. The number of rotatable bonds is 7. The quantitative estimate of drug-likeness (QED) is 0.160. The van der Waals surface area contributed by atoms with Crippen molar-refractivity contribution in [2.75, 3.05) is 0 Å². The first kappa shape index (κ1) is 36.2. The minimum atomic E-state index is -0.446. The van der Waals surface area contributed by atoms with E-state index in [1.165, 1.54) is 64.7 Å². The van der Waals surface area contributed by atoms with Gasteiger partial charge in [0.2, 0.25) is 0 Å². The molecule has 9 aromatic carbocycles. The molecule has 0 spiro atoms. The zero-order chi connectivity index (χ0) is 41.0. The Morgan fingerprint density at radius 3 is 1.55 bits per heavy atom. The van der Waals surface area contributed by atoms with Crippen molar-refractivity contribution in [2.45, 2.75) is 5.41 Å². The van der Waals surface area contributed by atoms with Gasteiger partial charge in [-0.05, 0) is 67.8 Å². The summed E-state index contributed by atoms with van der Waals surface area (Å²) in [6.45, 7) is 0. The lowest BCUT2D eigenvalue weighted by Crippen LogP contribution is -2.28. The van der Waals surface area contributed by atoms with Gasteiger partial charge in [0.25, 0.3) is 0 Å². The Morgan fingerprint density at radius 2 is 0.823 bits per heavy atom. The van der Waals surface area contributed by atoms with Crippen LogP contribution in [0.2, 0.25) is 0 Å². The van der Waals surface area contributed by atoms with Crippen molar-refractivity contribution >= 4 is 31.5 Å². The van der Waals surface area contributed by atoms with Gasteiger partial charge in [0.05, 0.1) is 16.8 Å². The monoisotopic (exact) mass is 806 g/mol. The van der Waals surface area contributed by atoms with E-state index in [0.717, 1.165) is 39.2 Å². The predicted molar refractivity (Wildman–Crippen MR) is 259 cm³/mol. The third-order valence-corrected chi connectivity index (χ3v) is 13.9. The molecule has 290 valence electrons. The summed E-state index contributed by atoms with van der Waals surface area (Å²) in [6.07, 6.45) is 0. The minimum Gasteiger partial charge on any atom is -0.228 e. The van der Waals surface area contributed by atoms with Crippen molar-refractivity contribution < 1.29 is 0 Å². The highest BCUT2D eigenvalue weighted by Crippen LogP contribution is 2.56. The molecule has 0 saturated heterocycles. The van der Waals surface area contributed by atoms with Crippen molar-refractivity contribution in [3.05, 3.63) is 253 Å². The van der Waals surface area contributed by atoms with Crippen LogP contribution in [-0.2, 0) is 5.41 Å². The molecule has 0 unspecified atom stereocenters. The molecule has 3 heteroatoms. The van der Waals surface area contributed by atoms with Crippen LogP contribution in [0.5, 0.6) is 0 Å². The molecule has 0 N–H and O–H groups in total. The zero-order valence-corrected chi connectivity index (χ0v) is 34.6. The molecule has 0 bridgehead atoms. The standard InChI is InChI=1S/C59H38N2S/c1-3-16-42(17-4-1)58-60-54(41-32-30-40(31-33-41)46-25-15-26-51-50-24-11-14-29-56(50)62-57(46)51)38-55(61-58)49-23-8-7-20-45(49)39-34-36-44(37-35-39)59(43-18-5-2-6-19-43)52-27-12-9-21-47(52)48-22-10-13-28-53(48)59/h1-38H. The number of nitrogens with zero attached hydrogens (tertiary/aromatic N) is 2. The largest absolute Gasteiger partial charge is 0.228 e. The molecule has 1 aliphatic rings. The third kappa shape index (κ3) is 5.78. The number of aromatic nitrogens is 2. The predicted octanol–water partition coefficient (Wildman–Crippen LogP) is 15.5. The van der Waals surface area contributed by atoms with Gasteiger partial charge < -0.3 is 0 Å². The van der Waals surface area contributed by atoms with E-state index in [1.54, 1.807) is 0 Å². The molecule has 2 heterocycles. The SMILES string of the molecule is c1ccc(-c2nc(-c3ccc(-c4cccc5c4sc4ccccc45)cc3)cc(-c3ccccc3-c3ccc(C4(c5ccccc5)c5ccccc5-c5ccccc54)cc3)n2)cc1. The summed E-state index contributed by atoms with van der Waals surface area (Å²) in [6, 6.07) is 83.3. The van der Waals surface area contributed by atoms with Crippen molar-refractivity contribution in [1.82, 2.24) is 9.97 Å². The lowest BCUT2D eigenvalue weighted by atomic mass is 9.67. The average Bonchev–Trinajstić information content (AvgIpc) is 3.89. The first-order valence-electron chi connectivity index (χ1n) is 21.1. The van der Waals surface area contributed by atoms with Gasteiger partial charge in [-0.1, -0.05) is 218 Å². The van der Waals surface area contributed by atoms with Crippen molar-refractivity contribution in [3.63, 3.8) is 0 Å². The second-order valence-electron chi connectivity index (χ2n) is 16.0. The van der Waals surface area contributed by atoms with Gasteiger partial charge in [-0.15, -0.1) is 11.3 Å². The molecule has 12 rings (SSSR count). The number of hydrogen-bond donors (Lipinski definition) is 0. The average molecular weight is 807 g/mol. The highest BCUT2D eigenvalue weighted by atomic mass is 32.1. The molecular weight excluding hydrogens is 769 g/mol. The van der Waals surface area contributed by atoms with Gasteiger partial charge in [0, 0.05) is 36.9 Å². The van der Waals surface area contributed by atoms with E-state index in [9.17, 15) is 0 Å². The molecule has 0 saturated carbocycles. The molecule has 2 aromatic heterocycles. The lowest BCUT2D eigenvalue weighted by molar-refractivity contribution is 0.768. The maximum absolute atomic E-state index is 5.28. The van der Waals surface area contributed by atoms with E-state index in [0.29, 0.717) is 5.82 Å². The molecule has 0 atom stereocenters. The van der Waals surface area contributed by atoms with Crippen molar-refractivity contribution in [2.24, 2.45) is 0 Å². The summed E-state index contributed by atoms with van der Waals surface area (Å²) < 4.78 is 2.63. The maximum atomic E-state index is 5.28. The van der Waals surface area contributed by atoms with Crippen LogP contribution in [0.25, 0.3) is 87.5 Å². The van der Waals surface area contributed by atoms with Crippen LogP contribution in [-0.4, -0.2) is 9.97 Å². The fraction of sp³-hybridized carbons (Fsp3) is 0.0169. The zero-order valence-electron chi connectivity index (χ0n) is 33.7. The molecule has 0 aliphatic heterocycles. The van der Waals surface area contributed by atoms with Crippen LogP contribution >= 0.6 is 11.3 Å². The van der Waals surface area contributed by atoms with Gasteiger partial charge in [0.1, 0.15) is 0 Å². The Morgan fingerprint density at radius 1 is 0.323 bits per heavy atom. The number of fused-ring (bicyclic) bond motifs is 6. The van der Waals surface area contributed by atoms with Crippen LogP contribution in [0, 0.1) is 0 Å². The highest BCUT2D eigenvalue weighted by molar-refractivity contribution is 7.26. The van der Waals surface area contributed by atoms with Crippen LogP contribution < -0.4 is 0 Å². The summed E-state index contributed by atoms with van der Waals surface area (Å²) in [5, 5.41) is 2.61. The third-order valence-electron chi connectivity index (χ3n) is 12.6. The summed E-state index contributed by atoms with van der Waals surface area (Å²) in [4.78, 5) is 10.5. The highest BCUT2D eigenvalue weighted by Gasteiger charge is 2.45. The second kappa shape index (κ2) is 14.8. The Balaban J connectivity index is 0.963. The number of hydrogen-bond acceptors (Lipinski definition) is 3. The molecule has 1 aliphatic carbocycles. The summed E-state index contributed by atoms with van der Waals surface area (Å²) in [5.41, 5.74) is 16.8. The molecular formula is C59H38N2S. The number of benzene rings is 9. The van der Waals surface area contributed by atoms with Gasteiger partial charge in [-0.3, -0.25) is 0 Å². The number of thiophene rings is 1.